The molecule has 0 aromatic carbocycles. The molecular weight excluding hydrogens is 246 g/mol. The van der Waals surface area contributed by atoms with Crippen LogP contribution < -0.4 is 11.1 Å². The third-order valence-electron chi connectivity index (χ3n) is 2.21. The topological polar surface area (TPSA) is 60.2 Å². The van der Waals surface area contributed by atoms with Crippen LogP contribution >= 0.6 is 15.9 Å². The molecule has 5 heteroatoms. The predicted octanol–water partition coefficient (Wildman–Crippen LogP) is 1.09. The van der Waals surface area contributed by atoms with E-state index in [0.29, 0.717) is 12.4 Å². The van der Waals surface area contributed by atoms with Gasteiger partial charge in [0.25, 0.3) is 0 Å². The van der Waals surface area contributed by atoms with E-state index in [4.69, 9.17) is 10.5 Å². The zero-order chi connectivity index (χ0) is 9.97. The number of halogens is 1. The molecule has 0 radical (unpaired) electrons. The highest BCUT2D eigenvalue weighted by atomic mass is 79.9. The number of aromatic nitrogens is 1. The predicted molar refractivity (Wildman–Crippen MR) is 57.9 cm³/mol. The Morgan fingerprint density at radius 3 is 3.21 bits per heavy atom. The average molecular weight is 258 g/mol. The fraction of sp³-hybridized carbons (Fsp3) is 0.444. The number of anilines is 1. The second-order valence-corrected chi connectivity index (χ2v) is 4.13. The van der Waals surface area contributed by atoms with E-state index in [1.54, 1.807) is 6.20 Å². The van der Waals surface area contributed by atoms with Crippen molar-refractivity contribution in [2.45, 2.75) is 6.04 Å². The first-order valence-corrected chi connectivity index (χ1v) is 5.28. The Bertz CT molecular complexity index is 326. The standard InChI is InChI=1S/C9H12BrN3O/c10-6-3-7(9(11)13-4-6)8-5-14-2-1-12-8/h3-4,8,12H,1-2,5H2,(H2,11,13). The van der Waals surface area contributed by atoms with Crippen molar-refractivity contribution in [1.29, 1.82) is 0 Å². The van der Waals surface area contributed by atoms with Gasteiger partial charge in [0.15, 0.2) is 0 Å². The Morgan fingerprint density at radius 1 is 1.64 bits per heavy atom. The SMILES string of the molecule is Nc1ncc(Br)cc1C1COCCN1. The van der Waals surface area contributed by atoms with Crippen LogP contribution in [0, 0.1) is 0 Å². The fourth-order valence-corrected chi connectivity index (χ4v) is 1.86. The second kappa shape index (κ2) is 4.25. The van der Waals surface area contributed by atoms with Gasteiger partial charge in [-0.1, -0.05) is 0 Å². The van der Waals surface area contributed by atoms with Gasteiger partial charge in [-0.15, -0.1) is 0 Å². The number of rotatable bonds is 1. The summed E-state index contributed by atoms with van der Waals surface area (Å²) in [6, 6.07) is 2.14. The number of morpholine rings is 1. The number of hydrogen-bond acceptors (Lipinski definition) is 4. The summed E-state index contributed by atoms with van der Waals surface area (Å²) in [6.45, 7) is 2.27. The van der Waals surface area contributed by atoms with Gasteiger partial charge in [-0.2, -0.15) is 0 Å². The summed E-state index contributed by atoms with van der Waals surface area (Å²) in [4.78, 5) is 4.09. The van der Waals surface area contributed by atoms with Crippen molar-refractivity contribution >= 4 is 21.7 Å². The number of ether oxygens (including phenoxy) is 1. The van der Waals surface area contributed by atoms with Crippen LogP contribution in [0.2, 0.25) is 0 Å². The molecule has 1 atom stereocenters. The van der Waals surface area contributed by atoms with Crippen LogP contribution in [0.5, 0.6) is 0 Å². The van der Waals surface area contributed by atoms with Crippen LogP contribution in [0.3, 0.4) is 0 Å². The van der Waals surface area contributed by atoms with Gasteiger partial charge in [0.2, 0.25) is 0 Å². The van der Waals surface area contributed by atoms with E-state index >= 15 is 0 Å². The lowest BCUT2D eigenvalue weighted by molar-refractivity contribution is 0.0770. The molecule has 14 heavy (non-hydrogen) atoms. The number of nitrogens with zero attached hydrogens (tertiary/aromatic N) is 1. The third-order valence-corrected chi connectivity index (χ3v) is 2.65. The molecule has 3 N–H and O–H groups in total. The maximum atomic E-state index is 5.79. The summed E-state index contributed by atoms with van der Waals surface area (Å²) < 4.78 is 6.31. The number of nitrogen functional groups attached to an aromatic ring is 1. The highest BCUT2D eigenvalue weighted by Crippen LogP contribution is 2.23. The van der Waals surface area contributed by atoms with Gasteiger partial charge < -0.3 is 15.8 Å². The summed E-state index contributed by atoms with van der Waals surface area (Å²) in [5.74, 6) is 0.566. The van der Waals surface area contributed by atoms with E-state index in [1.807, 2.05) is 6.07 Å². The van der Waals surface area contributed by atoms with E-state index in [-0.39, 0.29) is 6.04 Å². The molecule has 4 nitrogen and oxygen atoms in total. The van der Waals surface area contributed by atoms with Gasteiger partial charge in [0, 0.05) is 22.8 Å². The van der Waals surface area contributed by atoms with Crippen LogP contribution in [-0.2, 0) is 4.74 Å². The van der Waals surface area contributed by atoms with Gasteiger partial charge in [-0.25, -0.2) is 4.98 Å². The second-order valence-electron chi connectivity index (χ2n) is 3.21. The number of nitrogens with two attached hydrogens (primary N) is 1. The average Bonchev–Trinajstić information content (AvgIpc) is 2.23. The highest BCUT2D eigenvalue weighted by Gasteiger charge is 2.18. The first-order valence-electron chi connectivity index (χ1n) is 4.49. The Balaban J connectivity index is 2.24. The summed E-state index contributed by atoms with van der Waals surface area (Å²) in [6.07, 6.45) is 1.70. The minimum Gasteiger partial charge on any atom is -0.383 e. The number of pyridine rings is 1. The van der Waals surface area contributed by atoms with Crippen LogP contribution in [0.1, 0.15) is 11.6 Å². The van der Waals surface area contributed by atoms with Crippen LogP contribution in [0.15, 0.2) is 16.7 Å². The van der Waals surface area contributed by atoms with Gasteiger partial charge in [-0.3, -0.25) is 0 Å². The molecule has 0 saturated carbocycles. The molecule has 1 aromatic rings. The van der Waals surface area contributed by atoms with E-state index in [0.717, 1.165) is 23.2 Å². The smallest absolute Gasteiger partial charge is 0.128 e. The van der Waals surface area contributed by atoms with E-state index < -0.39 is 0 Å². The van der Waals surface area contributed by atoms with Crippen molar-refractivity contribution in [1.82, 2.24) is 10.3 Å². The number of nitrogens with one attached hydrogen (secondary N) is 1. The molecule has 0 bridgehead atoms. The molecule has 1 aliphatic heterocycles. The van der Waals surface area contributed by atoms with E-state index in [1.165, 1.54) is 0 Å². The normalized spacial score (nSPS) is 22.2. The summed E-state index contributed by atoms with van der Waals surface area (Å²) in [5.41, 5.74) is 6.79. The van der Waals surface area contributed by atoms with Crippen LogP contribution in [0.4, 0.5) is 5.82 Å². The highest BCUT2D eigenvalue weighted by molar-refractivity contribution is 9.10. The van der Waals surface area contributed by atoms with Gasteiger partial charge in [0.1, 0.15) is 5.82 Å². The zero-order valence-electron chi connectivity index (χ0n) is 7.66. The van der Waals surface area contributed by atoms with Crippen molar-refractivity contribution in [3.05, 3.63) is 22.3 Å². The maximum Gasteiger partial charge on any atom is 0.128 e. The third kappa shape index (κ3) is 2.05. The Morgan fingerprint density at radius 2 is 2.50 bits per heavy atom. The lowest BCUT2D eigenvalue weighted by atomic mass is 10.1. The molecule has 1 aliphatic rings. The monoisotopic (exact) mass is 257 g/mol. The van der Waals surface area contributed by atoms with Crippen molar-refractivity contribution in [3.63, 3.8) is 0 Å². The van der Waals surface area contributed by atoms with Gasteiger partial charge in [0.05, 0.1) is 19.3 Å². The van der Waals surface area contributed by atoms with Gasteiger partial charge >= 0.3 is 0 Å². The Hall–Kier alpha value is -0.650. The molecule has 0 spiro atoms. The fourth-order valence-electron chi connectivity index (χ4n) is 1.51. The van der Waals surface area contributed by atoms with Crippen LogP contribution in [-0.4, -0.2) is 24.7 Å². The summed E-state index contributed by atoms with van der Waals surface area (Å²) >= 11 is 3.38. The minimum atomic E-state index is 0.161. The molecule has 1 saturated heterocycles. The van der Waals surface area contributed by atoms with Crippen molar-refractivity contribution < 1.29 is 4.74 Å². The quantitative estimate of drug-likeness (QED) is 0.791. The van der Waals surface area contributed by atoms with E-state index in [2.05, 4.69) is 26.2 Å². The molecular formula is C9H12BrN3O. The Labute approximate surface area is 91.0 Å². The molecule has 1 fully saturated rings. The lowest BCUT2D eigenvalue weighted by Gasteiger charge is -2.24. The minimum absolute atomic E-state index is 0.161. The van der Waals surface area contributed by atoms with Gasteiger partial charge in [-0.05, 0) is 22.0 Å². The molecule has 0 aliphatic carbocycles. The zero-order valence-corrected chi connectivity index (χ0v) is 9.25. The van der Waals surface area contributed by atoms with E-state index in [9.17, 15) is 0 Å². The van der Waals surface area contributed by atoms with Crippen LogP contribution in [0.25, 0.3) is 0 Å². The lowest BCUT2D eigenvalue weighted by Crippen LogP contribution is -2.35. The molecule has 0 amide bonds. The van der Waals surface area contributed by atoms with Crippen molar-refractivity contribution in [2.75, 3.05) is 25.5 Å². The first kappa shape index (κ1) is 9.89. The summed E-state index contributed by atoms with van der Waals surface area (Å²) in [5, 5.41) is 3.34. The van der Waals surface area contributed by atoms with Crippen molar-refractivity contribution in [2.24, 2.45) is 0 Å². The first-order chi connectivity index (χ1) is 6.77. The maximum absolute atomic E-state index is 5.79. The molecule has 2 rings (SSSR count). The van der Waals surface area contributed by atoms with Crippen molar-refractivity contribution in [3.8, 4) is 0 Å². The summed E-state index contributed by atoms with van der Waals surface area (Å²) in [7, 11) is 0. The largest absolute Gasteiger partial charge is 0.383 e. The molecule has 1 aromatic heterocycles. The molecule has 2 heterocycles. The number of hydrogen-bond donors (Lipinski definition) is 2. The Kier molecular flexibility index (Phi) is 3.00. The molecule has 76 valence electrons. The molecule has 1 unspecified atom stereocenters.